The number of rotatable bonds is 2. The van der Waals surface area contributed by atoms with Gasteiger partial charge in [-0.05, 0) is 22.4 Å². The van der Waals surface area contributed by atoms with Crippen LogP contribution in [-0.4, -0.2) is 9.78 Å². The average Bonchev–Trinajstić information content (AvgIpc) is 2.62. The third kappa shape index (κ3) is 1.82. The lowest BCUT2D eigenvalue weighted by Gasteiger charge is -2.01. The molecule has 2 aromatic heterocycles. The molecule has 0 unspecified atom stereocenters. The van der Waals surface area contributed by atoms with Gasteiger partial charge in [-0.2, -0.15) is 16.4 Å². The van der Waals surface area contributed by atoms with E-state index in [4.69, 9.17) is 5.73 Å². The maximum absolute atomic E-state index is 11.4. The van der Waals surface area contributed by atoms with Crippen molar-refractivity contribution < 1.29 is 0 Å². The Hall–Kier alpha value is -1.62. The maximum Gasteiger partial charge on any atom is 0.269 e. The van der Waals surface area contributed by atoms with Gasteiger partial charge in [0.1, 0.15) is 0 Å². The molecule has 0 bridgehead atoms. The van der Waals surface area contributed by atoms with Crippen molar-refractivity contribution in [2.45, 2.75) is 6.54 Å². The highest BCUT2D eigenvalue weighted by Crippen LogP contribution is 2.06. The molecule has 5 heteroatoms. The van der Waals surface area contributed by atoms with Crippen molar-refractivity contribution in [3.8, 4) is 0 Å². The Balaban J connectivity index is 2.30. The minimum Gasteiger partial charge on any atom is -0.397 e. The molecule has 2 aromatic rings. The second-order valence-corrected chi connectivity index (χ2v) is 3.70. The van der Waals surface area contributed by atoms with E-state index in [0.29, 0.717) is 12.2 Å². The molecule has 14 heavy (non-hydrogen) atoms. The zero-order chi connectivity index (χ0) is 9.97. The van der Waals surface area contributed by atoms with Crippen molar-refractivity contribution in [1.82, 2.24) is 9.78 Å². The number of nitrogens with two attached hydrogens (primary N) is 1. The summed E-state index contributed by atoms with van der Waals surface area (Å²) in [4.78, 5) is 11.4. The molecule has 2 rings (SSSR count). The lowest BCUT2D eigenvalue weighted by atomic mass is 10.3. The predicted octanol–water partition coefficient (Wildman–Crippen LogP) is 0.935. The Morgan fingerprint density at radius 3 is 3.07 bits per heavy atom. The van der Waals surface area contributed by atoms with Crippen LogP contribution < -0.4 is 11.3 Å². The first-order chi connectivity index (χ1) is 6.75. The van der Waals surface area contributed by atoms with E-state index in [9.17, 15) is 4.79 Å². The number of nitrogens with zero attached hydrogens (tertiary/aromatic N) is 2. The summed E-state index contributed by atoms with van der Waals surface area (Å²) < 4.78 is 1.39. The molecule has 4 nitrogen and oxygen atoms in total. The van der Waals surface area contributed by atoms with Crippen LogP contribution in [0.25, 0.3) is 0 Å². The quantitative estimate of drug-likeness (QED) is 0.797. The van der Waals surface area contributed by atoms with Crippen LogP contribution in [0.15, 0.2) is 33.9 Å². The molecule has 0 saturated heterocycles. The van der Waals surface area contributed by atoms with Gasteiger partial charge in [-0.15, -0.1) is 0 Å². The van der Waals surface area contributed by atoms with Crippen LogP contribution in [0.5, 0.6) is 0 Å². The summed E-state index contributed by atoms with van der Waals surface area (Å²) in [5, 5.41) is 7.90. The number of nitrogen functional groups attached to an aromatic ring is 1. The SMILES string of the molecule is Nc1cnn(Cc2ccsc2)c(=O)c1. The predicted molar refractivity (Wildman–Crippen MR) is 56.3 cm³/mol. The van der Waals surface area contributed by atoms with Gasteiger partial charge in [0.15, 0.2) is 0 Å². The molecule has 0 atom stereocenters. The summed E-state index contributed by atoms with van der Waals surface area (Å²) in [5.41, 5.74) is 6.73. The van der Waals surface area contributed by atoms with Crippen molar-refractivity contribution in [3.63, 3.8) is 0 Å². The molecule has 0 fully saturated rings. The Morgan fingerprint density at radius 2 is 2.43 bits per heavy atom. The van der Waals surface area contributed by atoms with E-state index < -0.39 is 0 Å². The number of aromatic nitrogens is 2. The van der Waals surface area contributed by atoms with E-state index in [1.165, 1.54) is 16.9 Å². The highest BCUT2D eigenvalue weighted by Gasteiger charge is 1.99. The molecule has 0 aliphatic rings. The molecule has 0 aromatic carbocycles. The van der Waals surface area contributed by atoms with E-state index >= 15 is 0 Å². The van der Waals surface area contributed by atoms with Gasteiger partial charge in [0, 0.05) is 6.07 Å². The molecule has 0 amide bonds. The van der Waals surface area contributed by atoms with Crippen LogP contribution in [0.4, 0.5) is 5.69 Å². The summed E-state index contributed by atoms with van der Waals surface area (Å²) in [6, 6.07) is 3.34. The van der Waals surface area contributed by atoms with Gasteiger partial charge in [-0.3, -0.25) is 4.79 Å². The third-order valence-electron chi connectivity index (χ3n) is 1.80. The van der Waals surface area contributed by atoms with Gasteiger partial charge in [0.2, 0.25) is 0 Å². The summed E-state index contributed by atoms with van der Waals surface area (Å²) >= 11 is 1.60. The number of hydrogen-bond donors (Lipinski definition) is 1. The Kier molecular flexibility index (Phi) is 2.32. The first-order valence-corrected chi connectivity index (χ1v) is 5.04. The first kappa shape index (κ1) is 8.96. The monoisotopic (exact) mass is 207 g/mol. The fraction of sp³-hybridized carbons (Fsp3) is 0.111. The van der Waals surface area contributed by atoms with E-state index in [0.717, 1.165) is 5.56 Å². The average molecular weight is 207 g/mol. The van der Waals surface area contributed by atoms with Gasteiger partial charge in [-0.25, -0.2) is 4.68 Å². The molecule has 0 radical (unpaired) electrons. The molecular weight excluding hydrogens is 198 g/mol. The van der Waals surface area contributed by atoms with Gasteiger partial charge < -0.3 is 5.73 Å². The van der Waals surface area contributed by atoms with Crippen LogP contribution in [0.3, 0.4) is 0 Å². The van der Waals surface area contributed by atoms with E-state index in [2.05, 4.69) is 5.10 Å². The molecule has 0 spiro atoms. The fourth-order valence-corrected chi connectivity index (χ4v) is 1.78. The van der Waals surface area contributed by atoms with Crippen LogP contribution in [0.1, 0.15) is 5.56 Å². The zero-order valence-electron chi connectivity index (χ0n) is 7.38. The maximum atomic E-state index is 11.4. The van der Waals surface area contributed by atoms with Crippen LogP contribution in [0, 0.1) is 0 Å². The van der Waals surface area contributed by atoms with Crippen LogP contribution in [0.2, 0.25) is 0 Å². The second-order valence-electron chi connectivity index (χ2n) is 2.92. The van der Waals surface area contributed by atoms with Crippen molar-refractivity contribution in [3.05, 3.63) is 45.0 Å². The summed E-state index contributed by atoms with van der Waals surface area (Å²) in [7, 11) is 0. The van der Waals surface area contributed by atoms with Crippen LogP contribution >= 0.6 is 11.3 Å². The van der Waals surface area contributed by atoms with E-state index in [1.54, 1.807) is 11.3 Å². The molecule has 72 valence electrons. The smallest absolute Gasteiger partial charge is 0.269 e. The Bertz CT molecular complexity index is 475. The minimum absolute atomic E-state index is 0.170. The molecule has 0 saturated carbocycles. The van der Waals surface area contributed by atoms with E-state index in [1.807, 2.05) is 16.8 Å². The summed E-state index contributed by atoms with van der Waals surface area (Å²) in [6.07, 6.45) is 1.48. The largest absolute Gasteiger partial charge is 0.397 e. The molecule has 0 aliphatic carbocycles. The van der Waals surface area contributed by atoms with Gasteiger partial charge in [0.25, 0.3) is 5.56 Å². The molecule has 0 aliphatic heterocycles. The number of anilines is 1. The van der Waals surface area contributed by atoms with Crippen molar-refractivity contribution in [2.24, 2.45) is 0 Å². The lowest BCUT2D eigenvalue weighted by molar-refractivity contribution is 0.641. The number of thiophene rings is 1. The fourth-order valence-electron chi connectivity index (χ4n) is 1.12. The standard InChI is InChI=1S/C9H9N3OS/c10-8-3-9(13)12(11-4-8)5-7-1-2-14-6-7/h1-4,6H,5,10H2. The normalized spacial score (nSPS) is 10.3. The van der Waals surface area contributed by atoms with Crippen molar-refractivity contribution >= 4 is 17.0 Å². The second kappa shape index (κ2) is 3.63. The van der Waals surface area contributed by atoms with Crippen molar-refractivity contribution in [2.75, 3.05) is 5.73 Å². The Morgan fingerprint density at radius 1 is 1.57 bits per heavy atom. The first-order valence-electron chi connectivity index (χ1n) is 4.09. The van der Waals surface area contributed by atoms with Gasteiger partial charge in [0.05, 0.1) is 18.4 Å². The summed E-state index contributed by atoms with van der Waals surface area (Å²) in [6.45, 7) is 0.503. The minimum atomic E-state index is -0.170. The van der Waals surface area contributed by atoms with Crippen LogP contribution in [-0.2, 0) is 6.54 Å². The van der Waals surface area contributed by atoms with E-state index in [-0.39, 0.29) is 5.56 Å². The topological polar surface area (TPSA) is 60.9 Å². The number of hydrogen-bond acceptors (Lipinski definition) is 4. The Labute approximate surface area is 84.6 Å². The van der Waals surface area contributed by atoms with Crippen molar-refractivity contribution in [1.29, 1.82) is 0 Å². The van der Waals surface area contributed by atoms with Gasteiger partial charge in [-0.1, -0.05) is 0 Å². The highest BCUT2D eigenvalue weighted by atomic mass is 32.1. The lowest BCUT2D eigenvalue weighted by Crippen LogP contribution is -2.22. The summed E-state index contributed by atoms with van der Waals surface area (Å²) in [5.74, 6) is 0. The zero-order valence-corrected chi connectivity index (χ0v) is 8.20. The highest BCUT2D eigenvalue weighted by molar-refractivity contribution is 7.07. The molecule has 2 heterocycles. The third-order valence-corrected chi connectivity index (χ3v) is 2.54. The molecule has 2 N–H and O–H groups in total. The van der Waals surface area contributed by atoms with Gasteiger partial charge >= 0.3 is 0 Å². The molecular formula is C9H9N3OS.